The van der Waals surface area contributed by atoms with Crippen LogP contribution in [0.3, 0.4) is 0 Å². The van der Waals surface area contributed by atoms with E-state index in [9.17, 15) is 9.36 Å². The molecule has 0 aliphatic carbocycles. The predicted molar refractivity (Wildman–Crippen MR) is 81.4 cm³/mol. The molecule has 0 radical (unpaired) electrons. The smallest absolute Gasteiger partial charge is 0.345 e. The van der Waals surface area contributed by atoms with E-state index in [0.29, 0.717) is 0 Å². The van der Waals surface area contributed by atoms with Gasteiger partial charge in [-0.1, -0.05) is 30.3 Å². The number of hydrogen-bond acceptors (Lipinski definition) is 5. The lowest BCUT2D eigenvalue weighted by Gasteiger charge is -2.24. The molecule has 0 aliphatic heterocycles. The van der Waals surface area contributed by atoms with Gasteiger partial charge in [-0.25, -0.2) is 0 Å². The Hall–Kier alpha value is -1.16. The summed E-state index contributed by atoms with van der Waals surface area (Å²) in [6, 6.07) is 9.35. The highest BCUT2D eigenvalue weighted by molar-refractivity contribution is 7.55. The average molecular weight is 314 g/mol. The van der Waals surface area contributed by atoms with Gasteiger partial charge in [0.05, 0.1) is 19.8 Å². The van der Waals surface area contributed by atoms with Gasteiger partial charge < -0.3 is 13.8 Å². The normalized spacial score (nSPS) is 12.9. The largest absolute Gasteiger partial charge is 0.465 e. The van der Waals surface area contributed by atoms with Gasteiger partial charge >= 0.3 is 13.6 Å². The van der Waals surface area contributed by atoms with Crippen LogP contribution in [0.25, 0.3) is 0 Å². The van der Waals surface area contributed by atoms with Gasteiger partial charge in [-0.2, -0.15) is 0 Å². The molecule has 0 heterocycles. The van der Waals surface area contributed by atoms with E-state index in [1.807, 2.05) is 30.3 Å². The molecule has 0 saturated heterocycles. The maximum absolute atomic E-state index is 12.9. The molecule has 6 heteroatoms. The molecule has 1 unspecified atom stereocenters. The zero-order chi connectivity index (χ0) is 15.7. The Labute approximate surface area is 126 Å². The van der Waals surface area contributed by atoms with Crippen molar-refractivity contribution in [2.75, 3.05) is 19.8 Å². The second-order valence-electron chi connectivity index (χ2n) is 4.33. The summed E-state index contributed by atoms with van der Waals surface area (Å²) in [7, 11) is -3.56. The Bertz CT molecular complexity index is 464. The van der Waals surface area contributed by atoms with Crippen molar-refractivity contribution in [1.82, 2.24) is 0 Å². The molecule has 0 fully saturated rings. The highest BCUT2D eigenvalue weighted by Crippen LogP contribution is 2.54. The number of esters is 1. The zero-order valence-corrected chi connectivity index (χ0v) is 13.7. The minimum atomic E-state index is -3.56. The molecular formula is C15H23O5P. The third kappa shape index (κ3) is 5.27. The standard InChI is InChI=1S/C15H23O5P/c1-4-18-15(16)14(12-13-10-8-7-9-11-13)21(17,19-5-2)20-6-3/h7-11,14H,4-6,12H2,1-3H3. The van der Waals surface area contributed by atoms with E-state index in [1.165, 1.54) is 0 Å². The van der Waals surface area contributed by atoms with Gasteiger partial charge in [-0.05, 0) is 32.8 Å². The van der Waals surface area contributed by atoms with Crippen LogP contribution in [-0.4, -0.2) is 31.4 Å². The molecule has 0 aromatic heterocycles. The minimum absolute atomic E-state index is 0.210. The average Bonchev–Trinajstić information content (AvgIpc) is 2.46. The van der Waals surface area contributed by atoms with Gasteiger partial charge in [0.15, 0.2) is 5.66 Å². The Balaban J connectivity index is 3.05. The van der Waals surface area contributed by atoms with Crippen LogP contribution >= 0.6 is 7.60 Å². The van der Waals surface area contributed by atoms with Crippen molar-refractivity contribution in [3.05, 3.63) is 35.9 Å². The summed E-state index contributed by atoms with van der Waals surface area (Å²) in [5.74, 6) is -0.549. The molecule has 0 spiro atoms. The highest BCUT2D eigenvalue weighted by Gasteiger charge is 2.42. The Kier molecular flexibility index (Phi) is 7.65. The van der Waals surface area contributed by atoms with Crippen molar-refractivity contribution >= 4 is 13.6 Å². The number of ether oxygens (including phenoxy) is 1. The van der Waals surface area contributed by atoms with Crippen LogP contribution in [0.5, 0.6) is 0 Å². The van der Waals surface area contributed by atoms with Crippen LogP contribution in [0, 0.1) is 0 Å². The molecule has 0 saturated carbocycles. The lowest BCUT2D eigenvalue weighted by atomic mass is 10.1. The molecule has 1 atom stereocenters. The van der Waals surface area contributed by atoms with Crippen molar-refractivity contribution in [1.29, 1.82) is 0 Å². The monoisotopic (exact) mass is 314 g/mol. The predicted octanol–water partition coefficient (Wildman–Crippen LogP) is 3.43. The fourth-order valence-corrected chi connectivity index (χ4v) is 3.90. The zero-order valence-electron chi connectivity index (χ0n) is 12.8. The first kappa shape index (κ1) is 17.9. The summed E-state index contributed by atoms with van der Waals surface area (Å²) in [5.41, 5.74) is -0.0602. The molecule has 1 aromatic rings. The van der Waals surface area contributed by atoms with Gasteiger partial charge in [0.2, 0.25) is 0 Å². The third-order valence-electron chi connectivity index (χ3n) is 2.83. The van der Waals surface area contributed by atoms with Crippen LogP contribution in [0.4, 0.5) is 0 Å². The van der Waals surface area contributed by atoms with Gasteiger partial charge in [0.25, 0.3) is 0 Å². The summed E-state index contributed by atoms with van der Waals surface area (Å²) >= 11 is 0. The van der Waals surface area contributed by atoms with Crippen LogP contribution in [0.1, 0.15) is 26.3 Å². The van der Waals surface area contributed by atoms with E-state index in [4.69, 9.17) is 13.8 Å². The lowest BCUT2D eigenvalue weighted by molar-refractivity contribution is -0.143. The van der Waals surface area contributed by atoms with Crippen molar-refractivity contribution in [2.45, 2.75) is 32.9 Å². The van der Waals surface area contributed by atoms with E-state index in [1.54, 1.807) is 20.8 Å². The summed E-state index contributed by atoms with van der Waals surface area (Å²) in [5, 5.41) is 0. The number of carbonyl (C=O) groups is 1. The van der Waals surface area contributed by atoms with Crippen molar-refractivity contribution in [3.63, 3.8) is 0 Å². The number of hydrogen-bond donors (Lipinski definition) is 0. The molecule has 0 N–H and O–H groups in total. The topological polar surface area (TPSA) is 61.8 Å². The third-order valence-corrected chi connectivity index (χ3v) is 5.22. The fraction of sp³-hybridized carbons (Fsp3) is 0.533. The lowest BCUT2D eigenvalue weighted by Crippen LogP contribution is -2.28. The minimum Gasteiger partial charge on any atom is -0.465 e. The number of rotatable bonds is 9. The second-order valence-corrected chi connectivity index (χ2v) is 6.55. The molecule has 21 heavy (non-hydrogen) atoms. The van der Waals surface area contributed by atoms with E-state index >= 15 is 0 Å². The van der Waals surface area contributed by atoms with E-state index < -0.39 is 19.2 Å². The Morgan fingerprint density at radius 2 is 1.62 bits per heavy atom. The molecule has 0 amide bonds. The molecule has 5 nitrogen and oxygen atoms in total. The molecular weight excluding hydrogens is 291 g/mol. The fourth-order valence-electron chi connectivity index (χ4n) is 1.98. The van der Waals surface area contributed by atoms with Crippen molar-refractivity contribution in [3.8, 4) is 0 Å². The first-order chi connectivity index (χ1) is 10.1. The van der Waals surface area contributed by atoms with Crippen molar-refractivity contribution < 1.29 is 23.1 Å². The molecule has 1 rings (SSSR count). The number of carbonyl (C=O) groups excluding carboxylic acids is 1. The molecule has 0 aliphatic rings. The van der Waals surface area contributed by atoms with Gasteiger partial charge in [-0.15, -0.1) is 0 Å². The van der Waals surface area contributed by atoms with E-state index in [2.05, 4.69) is 0 Å². The van der Waals surface area contributed by atoms with Gasteiger partial charge in [0, 0.05) is 0 Å². The molecule has 0 bridgehead atoms. The van der Waals surface area contributed by atoms with Gasteiger partial charge in [-0.3, -0.25) is 9.36 Å². The first-order valence-corrected chi connectivity index (χ1v) is 8.77. The highest BCUT2D eigenvalue weighted by atomic mass is 31.2. The van der Waals surface area contributed by atoms with Crippen LogP contribution in [-0.2, 0) is 29.6 Å². The first-order valence-electron chi connectivity index (χ1n) is 7.16. The second kappa shape index (κ2) is 8.98. The summed E-state index contributed by atoms with van der Waals surface area (Å²) < 4.78 is 28.5. The van der Waals surface area contributed by atoms with Crippen molar-refractivity contribution in [2.24, 2.45) is 0 Å². The molecule has 118 valence electrons. The SMILES string of the molecule is CCOC(=O)C(Cc1ccccc1)P(=O)(OCC)OCC. The Morgan fingerprint density at radius 1 is 1.05 bits per heavy atom. The van der Waals surface area contributed by atoms with Gasteiger partial charge in [0.1, 0.15) is 0 Å². The maximum atomic E-state index is 12.9. The summed E-state index contributed by atoms with van der Waals surface area (Å²) in [6.07, 6.45) is 0.261. The summed E-state index contributed by atoms with van der Waals surface area (Å²) in [6.45, 7) is 5.79. The maximum Gasteiger partial charge on any atom is 0.345 e. The quantitative estimate of drug-likeness (QED) is 0.516. The van der Waals surface area contributed by atoms with Crippen LogP contribution in [0.2, 0.25) is 0 Å². The summed E-state index contributed by atoms with van der Waals surface area (Å²) in [4.78, 5) is 12.2. The molecule has 1 aromatic carbocycles. The van der Waals surface area contributed by atoms with E-state index in [0.717, 1.165) is 5.56 Å². The van der Waals surface area contributed by atoms with Crippen LogP contribution in [0.15, 0.2) is 30.3 Å². The Morgan fingerprint density at radius 3 is 2.10 bits per heavy atom. The van der Waals surface area contributed by atoms with Crippen LogP contribution < -0.4 is 0 Å². The number of benzene rings is 1. The van der Waals surface area contributed by atoms with E-state index in [-0.39, 0.29) is 26.2 Å².